The quantitative estimate of drug-likeness (QED) is 0.821. The minimum atomic E-state index is -0.0941. The van der Waals surface area contributed by atoms with E-state index < -0.39 is 0 Å². The smallest absolute Gasteiger partial charge is 0.252 e. The Morgan fingerprint density at radius 1 is 1.63 bits per heavy atom. The summed E-state index contributed by atoms with van der Waals surface area (Å²) < 4.78 is 5.50. The van der Waals surface area contributed by atoms with Crippen molar-refractivity contribution in [2.24, 2.45) is 0 Å². The van der Waals surface area contributed by atoms with Crippen LogP contribution in [0.15, 0.2) is 10.9 Å². The maximum atomic E-state index is 11.8. The van der Waals surface area contributed by atoms with Crippen LogP contribution in [0, 0.1) is 0 Å². The maximum absolute atomic E-state index is 11.8. The number of rotatable bonds is 4. The molecule has 19 heavy (non-hydrogen) atoms. The topological polar surface area (TPSA) is 70.2 Å². The summed E-state index contributed by atoms with van der Waals surface area (Å²) in [5, 5.41) is 3.15. The lowest BCUT2D eigenvalue weighted by Crippen LogP contribution is -2.50. The highest BCUT2D eigenvalue weighted by molar-refractivity contribution is 5.40. The fraction of sp³-hybridized carbons (Fsp3) is 0.692. The molecule has 1 aromatic rings. The monoisotopic (exact) mass is 266 g/mol. The first-order chi connectivity index (χ1) is 9.11. The number of likely N-dealkylation sites (N-methyl/N-ethyl adjacent to an activating group) is 1. The molecule has 106 valence electrons. The van der Waals surface area contributed by atoms with Gasteiger partial charge in [0.25, 0.3) is 5.56 Å². The highest BCUT2D eigenvalue weighted by Gasteiger charge is 2.24. The summed E-state index contributed by atoms with van der Waals surface area (Å²) in [6.07, 6.45) is 0. The van der Waals surface area contributed by atoms with E-state index in [9.17, 15) is 4.79 Å². The second-order valence-electron chi connectivity index (χ2n) is 5.12. The minimum Gasteiger partial charge on any atom is -0.377 e. The highest BCUT2D eigenvalue weighted by atomic mass is 16.5. The van der Waals surface area contributed by atoms with Gasteiger partial charge in [-0.05, 0) is 7.05 Å². The van der Waals surface area contributed by atoms with Crippen LogP contribution in [-0.2, 0) is 4.74 Å². The standard InChI is InChI=1S/C13H22N4O2/c1-9(2)13-15-11(6-12(18)16-13)17-4-5-19-8-10(17)7-14-3/h6,9-10,14H,4-5,7-8H2,1-3H3,(H,15,16,18). The van der Waals surface area contributed by atoms with Gasteiger partial charge < -0.3 is 19.9 Å². The van der Waals surface area contributed by atoms with E-state index in [1.807, 2.05) is 20.9 Å². The highest BCUT2D eigenvalue weighted by Crippen LogP contribution is 2.17. The SMILES string of the molecule is CNCC1COCCN1c1cc(=O)[nH]c(C(C)C)n1. The molecule has 2 rings (SSSR count). The molecule has 0 aromatic carbocycles. The van der Waals surface area contributed by atoms with Crippen molar-refractivity contribution in [2.75, 3.05) is 38.3 Å². The van der Waals surface area contributed by atoms with Gasteiger partial charge in [-0.15, -0.1) is 0 Å². The molecular formula is C13H22N4O2. The molecule has 1 aromatic heterocycles. The van der Waals surface area contributed by atoms with Crippen molar-refractivity contribution in [3.05, 3.63) is 22.2 Å². The zero-order valence-corrected chi connectivity index (χ0v) is 11.8. The first-order valence-electron chi connectivity index (χ1n) is 6.72. The number of anilines is 1. The molecule has 0 saturated carbocycles. The van der Waals surface area contributed by atoms with E-state index in [4.69, 9.17) is 4.74 Å². The van der Waals surface area contributed by atoms with Crippen molar-refractivity contribution in [3.63, 3.8) is 0 Å². The Kier molecular flexibility index (Phi) is 4.55. The zero-order valence-electron chi connectivity index (χ0n) is 11.8. The largest absolute Gasteiger partial charge is 0.377 e. The number of morpholine rings is 1. The van der Waals surface area contributed by atoms with Crippen molar-refractivity contribution >= 4 is 5.82 Å². The van der Waals surface area contributed by atoms with E-state index in [1.165, 1.54) is 0 Å². The van der Waals surface area contributed by atoms with E-state index in [1.54, 1.807) is 6.07 Å². The van der Waals surface area contributed by atoms with Crippen LogP contribution in [0.2, 0.25) is 0 Å². The Morgan fingerprint density at radius 3 is 3.11 bits per heavy atom. The minimum absolute atomic E-state index is 0.0941. The Labute approximate surface area is 113 Å². The Hall–Kier alpha value is -1.40. The van der Waals surface area contributed by atoms with E-state index in [-0.39, 0.29) is 17.5 Å². The van der Waals surface area contributed by atoms with Gasteiger partial charge in [0, 0.05) is 25.1 Å². The number of hydrogen-bond acceptors (Lipinski definition) is 5. The Morgan fingerprint density at radius 2 is 2.42 bits per heavy atom. The molecule has 1 unspecified atom stereocenters. The summed E-state index contributed by atoms with van der Waals surface area (Å²) in [4.78, 5) is 21.3. The molecule has 6 nitrogen and oxygen atoms in total. The maximum Gasteiger partial charge on any atom is 0.252 e. The van der Waals surface area contributed by atoms with Gasteiger partial charge in [-0.2, -0.15) is 0 Å². The molecule has 2 N–H and O–H groups in total. The Bertz CT molecular complexity index is 470. The molecule has 1 fully saturated rings. The first-order valence-corrected chi connectivity index (χ1v) is 6.72. The predicted molar refractivity (Wildman–Crippen MR) is 74.8 cm³/mol. The summed E-state index contributed by atoms with van der Waals surface area (Å²) in [6.45, 7) is 6.95. The van der Waals surface area contributed by atoms with Crippen LogP contribution >= 0.6 is 0 Å². The molecule has 1 aliphatic heterocycles. The van der Waals surface area contributed by atoms with Gasteiger partial charge in [0.05, 0.1) is 19.3 Å². The van der Waals surface area contributed by atoms with Crippen LogP contribution in [0.3, 0.4) is 0 Å². The second-order valence-corrected chi connectivity index (χ2v) is 5.12. The summed E-state index contributed by atoms with van der Waals surface area (Å²) in [5.41, 5.74) is -0.0941. The molecule has 0 amide bonds. The normalized spacial score (nSPS) is 20.0. The van der Waals surface area contributed by atoms with Crippen molar-refractivity contribution in [3.8, 4) is 0 Å². The van der Waals surface area contributed by atoms with Crippen molar-refractivity contribution < 1.29 is 4.74 Å². The fourth-order valence-corrected chi connectivity index (χ4v) is 2.24. The summed E-state index contributed by atoms with van der Waals surface area (Å²) in [6, 6.07) is 1.79. The van der Waals surface area contributed by atoms with E-state index in [2.05, 4.69) is 20.2 Å². The van der Waals surface area contributed by atoms with Gasteiger partial charge in [-0.25, -0.2) is 4.98 Å². The number of aromatic nitrogens is 2. The molecule has 0 spiro atoms. The van der Waals surface area contributed by atoms with Crippen LogP contribution in [0.25, 0.3) is 0 Å². The van der Waals surface area contributed by atoms with Crippen LogP contribution in [0.1, 0.15) is 25.6 Å². The number of hydrogen-bond donors (Lipinski definition) is 2. The average molecular weight is 266 g/mol. The van der Waals surface area contributed by atoms with Gasteiger partial charge >= 0.3 is 0 Å². The predicted octanol–water partition coefficient (Wildman–Crippen LogP) is 0.318. The number of nitrogens with one attached hydrogen (secondary N) is 2. The summed E-state index contributed by atoms with van der Waals surface area (Å²) >= 11 is 0. The average Bonchev–Trinajstić information content (AvgIpc) is 2.39. The van der Waals surface area contributed by atoms with Crippen LogP contribution in [0.4, 0.5) is 5.82 Å². The molecule has 0 aliphatic carbocycles. The van der Waals surface area contributed by atoms with Crippen LogP contribution < -0.4 is 15.8 Å². The molecule has 1 aliphatic rings. The van der Waals surface area contributed by atoms with Gasteiger partial charge in [0.2, 0.25) is 0 Å². The second kappa shape index (κ2) is 6.16. The molecular weight excluding hydrogens is 244 g/mol. The van der Waals surface area contributed by atoms with E-state index in [0.717, 1.165) is 24.7 Å². The molecule has 0 radical (unpaired) electrons. The van der Waals surface area contributed by atoms with Crippen molar-refractivity contribution in [2.45, 2.75) is 25.8 Å². The fourth-order valence-electron chi connectivity index (χ4n) is 2.24. The first kappa shape index (κ1) is 14.0. The van der Waals surface area contributed by atoms with Crippen LogP contribution in [0.5, 0.6) is 0 Å². The van der Waals surface area contributed by atoms with Gasteiger partial charge in [0.15, 0.2) is 0 Å². The summed E-state index contributed by atoms with van der Waals surface area (Å²) in [7, 11) is 1.91. The number of nitrogens with zero attached hydrogens (tertiary/aromatic N) is 2. The lowest BCUT2D eigenvalue weighted by atomic mass is 10.2. The van der Waals surface area contributed by atoms with Gasteiger partial charge in [-0.3, -0.25) is 4.79 Å². The molecule has 1 saturated heterocycles. The summed E-state index contributed by atoms with van der Waals surface area (Å²) in [5.74, 6) is 1.68. The van der Waals surface area contributed by atoms with Crippen LogP contribution in [-0.4, -0.2) is 49.4 Å². The van der Waals surface area contributed by atoms with E-state index in [0.29, 0.717) is 13.2 Å². The third-order valence-electron chi connectivity index (χ3n) is 3.25. The third-order valence-corrected chi connectivity index (χ3v) is 3.25. The van der Waals surface area contributed by atoms with Gasteiger partial charge in [0.1, 0.15) is 11.6 Å². The number of ether oxygens (including phenoxy) is 1. The van der Waals surface area contributed by atoms with Crippen molar-refractivity contribution in [1.82, 2.24) is 15.3 Å². The zero-order chi connectivity index (χ0) is 13.8. The Balaban J connectivity index is 2.30. The lowest BCUT2D eigenvalue weighted by molar-refractivity contribution is 0.0938. The molecule has 2 heterocycles. The van der Waals surface area contributed by atoms with Crippen molar-refractivity contribution in [1.29, 1.82) is 0 Å². The third kappa shape index (κ3) is 3.33. The number of aromatic amines is 1. The van der Waals surface area contributed by atoms with Gasteiger partial charge in [-0.1, -0.05) is 13.8 Å². The van der Waals surface area contributed by atoms with E-state index >= 15 is 0 Å². The number of H-pyrrole nitrogens is 1. The lowest BCUT2D eigenvalue weighted by Gasteiger charge is -2.36. The molecule has 0 bridgehead atoms. The molecule has 6 heteroatoms. The molecule has 1 atom stereocenters.